The second kappa shape index (κ2) is 36.2. The molecule has 0 saturated carbocycles. The Bertz CT molecular complexity index is 9950. The Morgan fingerprint density at radius 2 is 0.493 bits per heavy atom. The molecular weight excluding hydrogens is 1810 g/mol. The Kier molecular flexibility index (Phi) is 21.3. The number of nitrogens with zero attached hydrogens (tertiary/aromatic N) is 8. The monoisotopic (exact) mass is 1890 g/mol. The lowest BCUT2D eigenvalue weighted by Gasteiger charge is -2.17. The van der Waals surface area contributed by atoms with Gasteiger partial charge in [0, 0.05) is 138 Å². The minimum atomic E-state index is 0.652. The topological polar surface area (TPSA) is 116 Å². The SMILES string of the molecule is c1ccc(-c2nc(-c3ccccc3)nc(-c3c4ccccc4c(-c4ccc(-c5cccc6c5sc5ccccc56)cc4)c4sc5ccccc5c34)n2)cc1.c1ccc(-c2nc(-c3ccccc3)nc(-c3ccc(-c4c5ccccc5c(-c5ccccc5)c5sc6ccccc6c45)cc3)n2)cc1.c1ccc(-c2nc3c(ccc4ccccc43)nc2-c2c3ccccc3c(-c3ccccc3)c3oc4ccccc4c23)cc1. The average Bonchev–Trinajstić information content (AvgIpc) is 1.55. The molecule has 0 bridgehead atoms. The third-order valence-corrected chi connectivity index (χ3v) is 31.1. The van der Waals surface area contributed by atoms with Crippen molar-refractivity contribution in [3.05, 3.63) is 485 Å². The van der Waals surface area contributed by atoms with Crippen molar-refractivity contribution in [3.63, 3.8) is 0 Å². The van der Waals surface area contributed by atoms with Gasteiger partial charge in [-0.15, -0.1) is 34.0 Å². The molecule has 0 fully saturated rings. The molecule has 0 saturated heterocycles. The van der Waals surface area contributed by atoms with Crippen LogP contribution < -0.4 is 0 Å². The third kappa shape index (κ3) is 15.0. The molecule has 7 heterocycles. The van der Waals surface area contributed by atoms with E-state index in [4.69, 9.17) is 44.3 Å². The number of furan rings is 1. The van der Waals surface area contributed by atoms with E-state index in [9.17, 15) is 0 Å². The van der Waals surface area contributed by atoms with E-state index in [-0.39, 0.29) is 0 Å². The van der Waals surface area contributed by atoms with Gasteiger partial charge in [-0.3, -0.25) is 0 Å². The molecule has 12 heteroatoms. The molecule has 0 amide bonds. The predicted octanol–water partition coefficient (Wildman–Crippen LogP) is 36.7. The second-order valence-corrected chi connectivity index (χ2v) is 39.1. The summed E-state index contributed by atoms with van der Waals surface area (Å²) in [7, 11) is 0. The second-order valence-electron chi connectivity index (χ2n) is 36.0. The lowest BCUT2D eigenvalue weighted by atomic mass is 9.88. The van der Waals surface area contributed by atoms with Crippen LogP contribution in [-0.2, 0) is 0 Å². The number of benzene rings is 22. The first kappa shape index (κ1) is 84.9. The molecule has 9 nitrogen and oxygen atoms in total. The first-order valence-corrected chi connectivity index (χ1v) is 50.7. The molecule has 144 heavy (non-hydrogen) atoms. The zero-order valence-electron chi connectivity index (χ0n) is 77.4. The molecule has 0 N–H and O–H groups in total. The van der Waals surface area contributed by atoms with Crippen LogP contribution in [0.2, 0.25) is 0 Å². The summed E-state index contributed by atoms with van der Waals surface area (Å²) in [5, 5.41) is 19.0. The Balaban J connectivity index is 0.000000108. The Morgan fingerprint density at radius 1 is 0.167 bits per heavy atom. The lowest BCUT2D eigenvalue weighted by molar-refractivity contribution is 0.670. The van der Waals surface area contributed by atoms with Crippen molar-refractivity contribution in [2.24, 2.45) is 0 Å². The van der Waals surface area contributed by atoms with Crippen molar-refractivity contribution in [3.8, 4) is 146 Å². The van der Waals surface area contributed by atoms with Gasteiger partial charge in [0.2, 0.25) is 0 Å². The maximum Gasteiger partial charge on any atom is 0.165 e. The summed E-state index contributed by atoms with van der Waals surface area (Å²) < 4.78 is 14.5. The third-order valence-electron chi connectivity index (χ3n) is 27.5. The first-order valence-electron chi connectivity index (χ1n) is 48.3. The number of rotatable bonds is 13. The van der Waals surface area contributed by atoms with Gasteiger partial charge < -0.3 is 4.42 Å². The number of hydrogen-bond acceptors (Lipinski definition) is 12. The average molecular weight is 1890 g/mol. The highest BCUT2D eigenvalue weighted by Gasteiger charge is 2.30. The highest BCUT2D eigenvalue weighted by atomic mass is 32.1. The van der Waals surface area contributed by atoms with Gasteiger partial charge in [0.15, 0.2) is 34.9 Å². The number of hydrogen-bond donors (Lipinski definition) is 0. The highest BCUT2D eigenvalue weighted by Crippen LogP contribution is 2.55. The van der Waals surface area contributed by atoms with E-state index in [1.165, 1.54) is 121 Å². The summed E-state index contributed by atoms with van der Waals surface area (Å²) in [5.74, 6) is 3.96. The maximum atomic E-state index is 6.75. The van der Waals surface area contributed by atoms with E-state index < -0.39 is 0 Å². The highest BCUT2D eigenvalue weighted by molar-refractivity contribution is 7.27. The minimum Gasteiger partial charge on any atom is -0.455 e. The summed E-state index contributed by atoms with van der Waals surface area (Å²) >= 11 is 5.60. The Morgan fingerprint density at radius 3 is 0.993 bits per heavy atom. The van der Waals surface area contributed by atoms with Crippen LogP contribution in [0.25, 0.3) is 283 Å². The van der Waals surface area contributed by atoms with Crippen molar-refractivity contribution in [1.82, 2.24) is 39.9 Å². The van der Waals surface area contributed by atoms with Crippen LogP contribution in [0.3, 0.4) is 0 Å². The van der Waals surface area contributed by atoms with Crippen LogP contribution in [0.1, 0.15) is 0 Å². The molecule has 0 aliphatic carbocycles. The zero-order valence-corrected chi connectivity index (χ0v) is 79.8. The fourth-order valence-corrected chi connectivity index (χ4v) is 24.8. The van der Waals surface area contributed by atoms with Crippen LogP contribution in [0, 0.1) is 0 Å². The van der Waals surface area contributed by atoms with E-state index in [1.807, 2.05) is 143 Å². The van der Waals surface area contributed by atoms with E-state index in [0.29, 0.717) is 34.9 Å². The summed E-state index contributed by atoms with van der Waals surface area (Å²) in [5.41, 5.74) is 25.1. The summed E-state index contributed by atoms with van der Waals surface area (Å²) in [6.45, 7) is 0. The fraction of sp³-hybridized carbons (Fsp3) is 0. The van der Waals surface area contributed by atoms with Crippen molar-refractivity contribution in [1.29, 1.82) is 0 Å². The number of para-hydroxylation sites is 1. The van der Waals surface area contributed by atoms with E-state index in [1.54, 1.807) is 0 Å². The van der Waals surface area contributed by atoms with Gasteiger partial charge in [-0.05, 0) is 107 Å². The number of thiophene rings is 3. The van der Waals surface area contributed by atoms with Gasteiger partial charge in [-0.2, -0.15) is 0 Å². The fourth-order valence-electron chi connectivity index (χ4n) is 21.0. The molecule has 0 aliphatic rings. The summed E-state index contributed by atoms with van der Waals surface area (Å²) in [6.07, 6.45) is 0. The molecular formula is C132H80N8OS3. The standard InChI is InChI=1S/C49H29N3S2.C43H27N3S.C40H24N2O/c1-3-14-32(15-4-1)47-50-48(33-16-5-2-6-17-33)52-49(51-47)44-37-20-8-7-19-36(37)42(46-43(44)39-21-10-12-25-41(39)54-46)31-28-26-30(27-29-31)34-22-13-23-38-35-18-9-11-24-40(35)53-45(34)38;1-4-14-28(15-5-1)38-34-21-11-10-20-33(34)37(39-35-22-12-13-23-36(35)47-40(38)39)29-24-26-32(27-25-29)43-45-41(30-16-6-2-7-17-30)44-42(46-43)31-18-8-3-9-19-31;1-3-14-26(15-4-1)34-29-19-9-10-20-30(29)35(36-31-21-11-12-22-33(31)43-40(34)36)39-37(27-16-5-2-6-17-27)42-38-28-18-8-7-13-25(28)23-24-32(38)41-39/h1-29H;1-27H;1-24H. The van der Waals surface area contributed by atoms with Gasteiger partial charge >= 0.3 is 0 Å². The minimum absolute atomic E-state index is 0.652. The van der Waals surface area contributed by atoms with Gasteiger partial charge in [-0.1, -0.05) is 455 Å². The van der Waals surface area contributed by atoms with Gasteiger partial charge in [0.1, 0.15) is 11.2 Å². The van der Waals surface area contributed by atoms with Crippen molar-refractivity contribution in [2.45, 2.75) is 0 Å². The lowest BCUT2D eigenvalue weighted by Crippen LogP contribution is -2.01. The normalized spacial score (nSPS) is 11.6. The predicted molar refractivity (Wildman–Crippen MR) is 606 cm³/mol. The molecule has 0 aliphatic heterocycles. The molecule has 672 valence electrons. The van der Waals surface area contributed by atoms with Crippen LogP contribution in [0.15, 0.2) is 490 Å². The van der Waals surface area contributed by atoms with Gasteiger partial charge in [0.25, 0.3) is 0 Å². The largest absolute Gasteiger partial charge is 0.455 e. The molecule has 0 radical (unpaired) electrons. The van der Waals surface area contributed by atoms with Gasteiger partial charge in [-0.25, -0.2) is 39.9 Å². The molecule has 7 aromatic heterocycles. The molecule has 29 rings (SSSR count). The molecule has 0 atom stereocenters. The van der Waals surface area contributed by atoms with Crippen molar-refractivity contribution in [2.75, 3.05) is 0 Å². The quantitative estimate of drug-likeness (QED) is 0.104. The van der Waals surface area contributed by atoms with Crippen LogP contribution in [0.4, 0.5) is 0 Å². The summed E-state index contributed by atoms with van der Waals surface area (Å²) in [6, 6.07) is 170. The van der Waals surface area contributed by atoms with Crippen molar-refractivity contribution < 1.29 is 4.42 Å². The van der Waals surface area contributed by atoms with E-state index >= 15 is 0 Å². The van der Waals surface area contributed by atoms with Crippen molar-refractivity contribution >= 4 is 171 Å². The van der Waals surface area contributed by atoms with E-state index in [2.05, 4.69) is 376 Å². The molecule has 0 unspecified atom stereocenters. The smallest absolute Gasteiger partial charge is 0.165 e. The maximum absolute atomic E-state index is 6.75. The van der Waals surface area contributed by atoms with Crippen LogP contribution >= 0.6 is 34.0 Å². The Labute approximate surface area is 840 Å². The van der Waals surface area contributed by atoms with Crippen LogP contribution in [-0.4, -0.2) is 39.9 Å². The zero-order chi connectivity index (χ0) is 95.1. The Hall–Kier alpha value is -18.3. The summed E-state index contributed by atoms with van der Waals surface area (Å²) in [4.78, 5) is 41.2. The number of fused-ring (bicyclic) bond motifs is 18. The molecule has 29 aromatic rings. The van der Waals surface area contributed by atoms with Gasteiger partial charge in [0.05, 0.1) is 22.4 Å². The molecule has 22 aromatic carbocycles. The van der Waals surface area contributed by atoms with Crippen LogP contribution in [0.5, 0.6) is 0 Å². The molecule has 0 spiro atoms. The van der Waals surface area contributed by atoms with E-state index in [0.717, 1.165) is 127 Å². The number of aromatic nitrogens is 8. The first-order chi connectivity index (χ1) is 71.4.